The molecule has 1 spiro atoms. The van der Waals surface area contributed by atoms with Crippen molar-refractivity contribution in [1.82, 2.24) is 0 Å². The van der Waals surface area contributed by atoms with Gasteiger partial charge in [-0.2, -0.15) is 0 Å². The number of ether oxygens (including phenoxy) is 3. The van der Waals surface area contributed by atoms with Crippen LogP contribution < -0.4 is 9.47 Å². The van der Waals surface area contributed by atoms with Crippen molar-refractivity contribution in [2.24, 2.45) is 0 Å². The number of alkyl halides is 1. The molecule has 3 nitrogen and oxygen atoms in total. The van der Waals surface area contributed by atoms with Crippen LogP contribution >= 0.6 is 11.6 Å². The third-order valence-electron chi connectivity index (χ3n) is 4.67. The average molecular weight is 311 g/mol. The Hall–Kier alpha value is -0.930. The van der Waals surface area contributed by atoms with Crippen LogP contribution in [0.5, 0.6) is 11.5 Å². The van der Waals surface area contributed by atoms with Crippen molar-refractivity contribution in [2.45, 2.75) is 56.1 Å². The molecule has 3 rings (SSSR count). The fourth-order valence-corrected chi connectivity index (χ4v) is 3.74. The molecule has 1 aromatic rings. The molecule has 1 unspecified atom stereocenters. The molecule has 1 aliphatic carbocycles. The third kappa shape index (κ3) is 3.29. The molecule has 1 saturated heterocycles. The second-order valence-electron chi connectivity index (χ2n) is 6.08. The molecule has 0 amide bonds. The van der Waals surface area contributed by atoms with Crippen molar-refractivity contribution in [1.29, 1.82) is 0 Å². The summed E-state index contributed by atoms with van der Waals surface area (Å²) in [7, 11) is 1.66. The molecular formula is C17H23ClO3. The highest BCUT2D eigenvalue weighted by atomic mass is 35.5. The average Bonchev–Trinajstić information content (AvgIpc) is 2.95. The van der Waals surface area contributed by atoms with Crippen molar-refractivity contribution in [3.63, 3.8) is 0 Å². The molecule has 0 N–H and O–H groups in total. The van der Waals surface area contributed by atoms with Crippen molar-refractivity contribution in [2.75, 3.05) is 13.7 Å². The van der Waals surface area contributed by atoms with Crippen LogP contribution in [0.3, 0.4) is 0 Å². The Labute approximate surface area is 131 Å². The van der Waals surface area contributed by atoms with Gasteiger partial charge in [-0.25, -0.2) is 0 Å². The molecule has 4 heteroatoms. The van der Waals surface area contributed by atoms with E-state index in [9.17, 15) is 0 Å². The maximum Gasteiger partial charge on any atom is 0.124 e. The highest BCUT2D eigenvalue weighted by Crippen LogP contribution is 2.41. The molecule has 21 heavy (non-hydrogen) atoms. The van der Waals surface area contributed by atoms with Gasteiger partial charge in [-0.15, -0.1) is 11.6 Å². The predicted molar refractivity (Wildman–Crippen MR) is 83.4 cm³/mol. The topological polar surface area (TPSA) is 27.7 Å². The summed E-state index contributed by atoms with van der Waals surface area (Å²) in [5.74, 6) is 2.13. The van der Waals surface area contributed by atoms with E-state index >= 15 is 0 Å². The summed E-state index contributed by atoms with van der Waals surface area (Å²) in [6.45, 7) is 0.803. The van der Waals surface area contributed by atoms with Gasteiger partial charge in [0, 0.05) is 18.4 Å². The minimum atomic E-state index is 0.0799. The number of hydrogen-bond donors (Lipinski definition) is 0. The molecular weight excluding hydrogens is 288 g/mol. The second-order valence-corrected chi connectivity index (χ2v) is 6.35. The minimum Gasteiger partial charge on any atom is -0.497 e. The van der Waals surface area contributed by atoms with Gasteiger partial charge >= 0.3 is 0 Å². The molecule has 1 aliphatic heterocycles. The Bertz CT molecular complexity index is 483. The molecule has 0 bridgehead atoms. The summed E-state index contributed by atoms with van der Waals surface area (Å²) < 4.78 is 17.5. The quantitative estimate of drug-likeness (QED) is 0.776. The summed E-state index contributed by atoms with van der Waals surface area (Å²) in [5, 5.41) is 0. The van der Waals surface area contributed by atoms with Crippen LogP contribution in [-0.2, 0) is 10.6 Å². The van der Waals surface area contributed by atoms with Gasteiger partial charge in [0.25, 0.3) is 0 Å². The van der Waals surface area contributed by atoms with E-state index in [1.54, 1.807) is 7.11 Å². The lowest BCUT2D eigenvalue weighted by Crippen LogP contribution is -2.41. The van der Waals surface area contributed by atoms with E-state index in [0.29, 0.717) is 5.88 Å². The van der Waals surface area contributed by atoms with E-state index in [0.717, 1.165) is 36.5 Å². The van der Waals surface area contributed by atoms with Crippen LogP contribution in [0.1, 0.15) is 44.1 Å². The SMILES string of the molecule is COc1ccc(OC2CCOC3(CCCC3)C2)c(CCl)c1. The van der Waals surface area contributed by atoms with Crippen LogP contribution in [0, 0.1) is 0 Å². The summed E-state index contributed by atoms with van der Waals surface area (Å²) in [5.41, 5.74) is 1.07. The van der Waals surface area contributed by atoms with Crippen molar-refractivity contribution in [3.8, 4) is 11.5 Å². The largest absolute Gasteiger partial charge is 0.497 e. The van der Waals surface area contributed by atoms with Crippen molar-refractivity contribution < 1.29 is 14.2 Å². The van der Waals surface area contributed by atoms with Gasteiger partial charge < -0.3 is 14.2 Å². The highest BCUT2D eigenvalue weighted by Gasteiger charge is 2.40. The van der Waals surface area contributed by atoms with Gasteiger partial charge in [0.1, 0.15) is 17.6 Å². The van der Waals surface area contributed by atoms with E-state index < -0.39 is 0 Å². The van der Waals surface area contributed by atoms with Crippen molar-refractivity contribution in [3.05, 3.63) is 23.8 Å². The number of rotatable bonds is 4. The van der Waals surface area contributed by atoms with Gasteiger partial charge in [0.05, 0.1) is 25.2 Å². The summed E-state index contributed by atoms with van der Waals surface area (Å²) in [6, 6.07) is 5.84. The summed E-state index contributed by atoms with van der Waals surface area (Å²) in [6.07, 6.45) is 7.10. The first-order valence-electron chi connectivity index (χ1n) is 7.78. The van der Waals surface area contributed by atoms with E-state index in [2.05, 4.69) is 0 Å². The van der Waals surface area contributed by atoms with E-state index in [-0.39, 0.29) is 11.7 Å². The number of hydrogen-bond acceptors (Lipinski definition) is 3. The van der Waals surface area contributed by atoms with E-state index in [1.807, 2.05) is 18.2 Å². The lowest BCUT2D eigenvalue weighted by Gasteiger charge is -2.38. The van der Waals surface area contributed by atoms with Gasteiger partial charge in [-0.3, -0.25) is 0 Å². The molecule has 0 aromatic heterocycles. The zero-order valence-electron chi connectivity index (χ0n) is 12.6. The first-order valence-corrected chi connectivity index (χ1v) is 8.32. The predicted octanol–water partition coefficient (Wildman–Crippen LogP) is 4.30. The lowest BCUT2D eigenvalue weighted by molar-refractivity contribution is -0.108. The lowest BCUT2D eigenvalue weighted by atomic mass is 9.90. The molecule has 1 saturated carbocycles. The van der Waals surface area contributed by atoms with Gasteiger partial charge in [-0.05, 0) is 31.0 Å². The molecule has 116 valence electrons. The Morgan fingerprint density at radius 2 is 2.14 bits per heavy atom. The normalized spacial score (nSPS) is 24.2. The summed E-state index contributed by atoms with van der Waals surface area (Å²) in [4.78, 5) is 0. The first-order chi connectivity index (χ1) is 10.2. The number of methoxy groups -OCH3 is 1. The monoisotopic (exact) mass is 310 g/mol. The Kier molecular flexibility index (Phi) is 4.60. The van der Waals surface area contributed by atoms with Crippen molar-refractivity contribution >= 4 is 11.6 Å². The van der Waals surface area contributed by atoms with Crippen LogP contribution in [0.2, 0.25) is 0 Å². The van der Waals surface area contributed by atoms with E-state index in [1.165, 1.54) is 25.7 Å². The molecule has 2 aliphatic rings. The van der Waals surface area contributed by atoms with Crippen LogP contribution in [-0.4, -0.2) is 25.4 Å². The van der Waals surface area contributed by atoms with Gasteiger partial charge in [-0.1, -0.05) is 12.8 Å². The zero-order chi connectivity index (χ0) is 14.7. The smallest absolute Gasteiger partial charge is 0.124 e. The fourth-order valence-electron chi connectivity index (χ4n) is 3.53. The molecule has 0 radical (unpaired) electrons. The zero-order valence-corrected chi connectivity index (χ0v) is 13.3. The fraction of sp³-hybridized carbons (Fsp3) is 0.647. The third-order valence-corrected chi connectivity index (χ3v) is 4.96. The summed E-state index contributed by atoms with van der Waals surface area (Å²) >= 11 is 6.04. The Balaban J connectivity index is 1.71. The first kappa shape index (κ1) is 15.0. The maximum absolute atomic E-state index is 6.24. The van der Waals surface area contributed by atoms with Crippen LogP contribution in [0.4, 0.5) is 0 Å². The molecule has 2 fully saturated rings. The highest BCUT2D eigenvalue weighted by molar-refractivity contribution is 6.17. The Morgan fingerprint density at radius 3 is 2.86 bits per heavy atom. The van der Waals surface area contributed by atoms with Crippen LogP contribution in [0.15, 0.2) is 18.2 Å². The number of halogens is 1. The second kappa shape index (κ2) is 6.45. The van der Waals surface area contributed by atoms with Gasteiger partial charge in [0.15, 0.2) is 0 Å². The van der Waals surface area contributed by atoms with Gasteiger partial charge in [0.2, 0.25) is 0 Å². The van der Waals surface area contributed by atoms with Crippen LogP contribution in [0.25, 0.3) is 0 Å². The minimum absolute atomic E-state index is 0.0799. The molecule has 1 atom stereocenters. The number of benzene rings is 1. The molecule has 1 aromatic carbocycles. The maximum atomic E-state index is 6.24. The molecule has 1 heterocycles. The Morgan fingerprint density at radius 1 is 1.33 bits per heavy atom. The van der Waals surface area contributed by atoms with E-state index in [4.69, 9.17) is 25.8 Å². The standard InChI is InChI=1S/C17H23ClO3/c1-19-14-4-5-16(13(10-14)12-18)21-15-6-9-20-17(11-15)7-2-3-8-17/h4-5,10,15H,2-3,6-9,11-12H2,1H3.